The van der Waals surface area contributed by atoms with Gasteiger partial charge >= 0.3 is 0 Å². The van der Waals surface area contributed by atoms with Gasteiger partial charge in [-0.1, -0.05) is 51.1 Å². The summed E-state index contributed by atoms with van der Waals surface area (Å²) >= 11 is 0. The second-order valence-corrected chi connectivity index (χ2v) is 6.76. The fourth-order valence-electron chi connectivity index (χ4n) is 2.43. The third-order valence-electron chi connectivity index (χ3n) is 3.60. The Morgan fingerprint density at radius 2 is 1.83 bits per heavy atom. The predicted molar refractivity (Wildman–Crippen MR) is 95.1 cm³/mol. The number of nitrogens with one attached hydrogen (secondary N) is 1. The highest BCUT2D eigenvalue weighted by molar-refractivity contribution is 5.91. The number of aryl methyl sites for hydroxylation is 1. The van der Waals surface area contributed by atoms with Crippen LogP contribution in [0.15, 0.2) is 48.5 Å². The maximum absolute atomic E-state index is 12.2. The van der Waals surface area contributed by atoms with E-state index in [-0.39, 0.29) is 11.3 Å². The van der Waals surface area contributed by atoms with Crippen molar-refractivity contribution in [2.75, 3.05) is 11.9 Å². The molecule has 0 aliphatic rings. The monoisotopic (exact) mass is 311 g/mol. The summed E-state index contributed by atoms with van der Waals surface area (Å²) < 4.78 is 5.63. The number of carbonyl (C=O) groups is 1. The second-order valence-electron chi connectivity index (χ2n) is 6.76. The second kappa shape index (κ2) is 7.32. The van der Waals surface area contributed by atoms with Crippen LogP contribution < -0.4 is 10.1 Å². The van der Waals surface area contributed by atoms with Crippen LogP contribution in [0.1, 0.15) is 38.3 Å². The number of ether oxygens (including phenoxy) is 1. The molecule has 122 valence electrons. The van der Waals surface area contributed by atoms with Gasteiger partial charge in [0.1, 0.15) is 5.75 Å². The van der Waals surface area contributed by atoms with Gasteiger partial charge in [0.2, 0.25) is 5.91 Å². The van der Waals surface area contributed by atoms with Crippen molar-refractivity contribution < 1.29 is 9.53 Å². The molecule has 0 bridgehead atoms. The van der Waals surface area contributed by atoms with Gasteiger partial charge in [-0.05, 0) is 41.7 Å². The summed E-state index contributed by atoms with van der Waals surface area (Å²) in [5.74, 6) is 0.766. The van der Waals surface area contributed by atoms with Gasteiger partial charge in [0.25, 0.3) is 0 Å². The summed E-state index contributed by atoms with van der Waals surface area (Å²) in [5.41, 5.74) is 3.14. The Kier molecular flexibility index (Phi) is 5.43. The number of hydrogen-bond acceptors (Lipinski definition) is 2. The number of para-hydroxylation sites is 1. The van der Waals surface area contributed by atoms with Crippen molar-refractivity contribution in [1.29, 1.82) is 0 Å². The van der Waals surface area contributed by atoms with Gasteiger partial charge in [-0.15, -0.1) is 0 Å². The quantitative estimate of drug-likeness (QED) is 0.869. The van der Waals surface area contributed by atoms with Gasteiger partial charge in [-0.2, -0.15) is 0 Å². The largest absolute Gasteiger partial charge is 0.493 e. The number of amides is 1. The van der Waals surface area contributed by atoms with Gasteiger partial charge < -0.3 is 10.1 Å². The Morgan fingerprint density at radius 1 is 1.09 bits per heavy atom. The van der Waals surface area contributed by atoms with E-state index in [0.29, 0.717) is 13.0 Å². The van der Waals surface area contributed by atoms with Crippen LogP contribution in [0.3, 0.4) is 0 Å². The van der Waals surface area contributed by atoms with Gasteiger partial charge in [-0.25, -0.2) is 0 Å². The van der Waals surface area contributed by atoms with E-state index >= 15 is 0 Å². The molecule has 1 N–H and O–H groups in total. The first-order valence-corrected chi connectivity index (χ1v) is 7.95. The van der Waals surface area contributed by atoms with Crippen molar-refractivity contribution in [1.82, 2.24) is 0 Å². The zero-order valence-corrected chi connectivity index (χ0v) is 14.3. The number of benzene rings is 2. The molecule has 0 spiro atoms. The Morgan fingerprint density at radius 3 is 2.52 bits per heavy atom. The average Bonchev–Trinajstić information content (AvgIpc) is 2.47. The first-order valence-electron chi connectivity index (χ1n) is 7.95. The minimum absolute atomic E-state index is 0.0120. The molecule has 1 amide bonds. The lowest BCUT2D eigenvalue weighted by Crippen LogP contribution is -2.20. The van der Waals surface area contributed by atoms with E-state index in [0.717, 1.165) is 22.6 Å². The van der Waals surface area contributed by atoms with Crippen LogP contribution in [0.25, 0.3) is 0 Å². The lowest BCUT2D eigenvalue weighted by Gasteiger charge is -2.23. The molecule has 0 saturated carbocycles. The standard InChI is InChI=1S/C20H25NO2/c1-15-8-7-9-16(14-15)23-13-12-19(22)21-18-11-6-5-10-17(18)20(2,3)4/h5-11,14H,12-13H2,1-4H3,(H,21,22). The minimum atomic E-state index is -0.0330. The Balaban J connectivity index is 1.91. The van der Waals surface area contributed by atoms with Crippen molar-refractivity contribution >= 4 is 11.6 Å². The van der Waals surface area contributed by atoms with E-state index < -0.39 is 0 Å². The maximum Gasteiger partial charge on any atom is 0.227 e. The van der Waals surface area contributed by atoms with E-state index in [4.69, 9.17) is 4.74 Å². The predicted octanol–water partition coefficient (Wildman–Crippen LogP) is 4.70. The van der Waals surface area contributed by atoms with Crippen LogP contribution in [0.2, 0.25) is 0 Å². The lowest BCUT2D eigenvalue weighted by molar-refractivity contribution is -0.116. The van der Waals surface area contributed by atoms with E-state index in [1.807, 2.05) is 49.4 Å². The first kappa shape index (κ1) is 17.1. The molecule has 3 nitrogen and oxygen atoms in total. The zero-order chi connectivity index (χ0) is 16.9. The zero-order valence-electron chi connectivity index (χ0n) is 14.3. The fourth-order valence-corrected chi connectivity index (χ4v) is 2.43. The fraction of sp³-hybridized carbons (Fsp3) is 0.350. The molecule has 0 heterocycles. The van der Waals surface area contributed by atoms with Crippen LogP contribution in [-0.4, -0.2) is 12.5 Å². The number of carbonyl (C=O) groups excluding carboxylic acids is 1. The molecule has 0 fully saturated rings. The molecule has 0 unspecified atom stereocenters. The lowest BCUT2D eigenvalue weighted by atomic mass is 9.86. The third-order valence-corrected chi connectivity index (χ3v) is 3.60. The van der Waals surface area contributed by atoms with E-state index in [1.165, 1.54) is 0 Å². The molecule has 2 rings (SSSR count). The van der Waals surface area contributed by atoms with Crippen LogP contribution in [-0.2, 0) is 10.2 Å². The summed E-state index contributed by atoms with van der Waals surface area (Å²) in [6.07, 6.45) is 0.326. The van der Waals surface area contributed by atoms with Gasteiger partial charge in [0, 0.05) is 5.69 Å². The average molecular weight is 311 g/mol. The van der Waals surface area contributed by atoms with Gasteiger partial charge in [0.15, 0.2) is 0 Å². The summed E-state index contributed by atoms with van der Waals surface area (Å²) in [6, 6.07) is 15.8. The molecular weight excluding hydrogens is 286 g/mol. The van der Waals surface area contributed by atoms with E-state index in [9.17, 15) is 4.79 Å². The number of anilines is 1. The molecule has 23 heavy (non-hydrogen) atoms. The van der Waals surface area contributed by atoms with Gasteiger partial charge in [0.05, 0.1) is 13.0 Å². The molecule has 0 atom stereocenters. The van der Waals surface area contributed by atoms with Crippen molar-refractivity contribution in [2.45, 2.75) is 39.5 Å². The normalized spacial score (nSPS) is 11.1. The van der Waals surface area contributed by atoms with E-state index in [1.54, 1.807) is 0 Å². The number of hydrogen-bond donors (Lipinski definition) is 1. The molecule has 0 aliphatic heterocycles. The Labute approximate surface area is 138 Å². The highest BCUT2D eigenvalue weighted by Crippen LogP contribution is 2.29. The van der Waals surface area contributed by atoms with Crippen molar-refractivity contribution in [3.8, 4) is 5.75 Å². The van der Waals surface area contributed by atoms with E-state index in [2.05, 4.69) is 32.2 Å². The van der Waals surface area contributed by atoms with Crippen molar-refractivity contribution in [3.63, 3.8) is 0 Å². The first-order chi connectivity index (χ1) is 10.9. The highest BCUT2D eigenvalue weighted by atomic mass is 16.5. The van der Waals surface area contributed by atoms with Crippen LogP contribution in [0.4, 0.5) is 5.69 Å². The summed E-state index contributed by atoms with van der Waals surface area (Å²) in [7, 11) is 0. The minimum Gasteiger partial charge on any atom is -0.493 e. The molecular formula is C20H25NO2. The Hall–Kier alpha value is -2.29. The molecule has 2 aromatic rings. The van der Waals surface area contributed by atoms with Gasteiger partial charge in [-0.3, -0.25) is 4.79 Å². The SMILES string of the molecule is Cc1cccc(OCCC(=O)Nc2ccccc2C(C)(C)C)c1. The smallest absolute Gasteiger partial charge is 0.227 e. The molecule has 0 saturated heterocycles. The van der Waals surface area contributed by atoms with Crippen LogP contribution in [0, 0.1) is 6.92 Å². The Bertz CT molecular complexity index is 671. The molecule has 0 aromatic heterocycles. The topological polar surface area (TPSA) is 38.3 Å². The summed E-state index contributed by atoms with van der Waals surface area (Å²) in [5, 5.41) is 3.00. The molecule has 2 aromatic carbocycles. The van der Waals surface area contributed by atoms with Crippen LogP contribution >= 0.6 is 0 Å². The highest BCUT2D eigenvalue weighted by Gasteiger charge is 2.18. The molecule has 3 heteroatoms. The third kappa shape index (κ3) is 5.13. The van der Waals surface area contributed by atoms with Crippen LogP contribution in [0.5, 0.6) is 5.75 Å². The maximum atomic E-state index is 12.2. The molecule has 0 aliphatic carbocycles. The molecule has 0 radical (unpaired) electrons. The summed E-state index contributed by atoms with van der Waals surface area (Å²) in [4.78, 5) is 12.2. The van der Waals surface area contributed by atoms with Crippen molar-refractivity contribution in [3.05, 3.63) is 59.7 Å². The number of rotatable bonds is 5. The summed E-state index contributed by atoms with van der Waals surface area (Å²) in [6.45, 7) is 8.80. The van der Waals surface area contributed by atoms with Crippen molar-refractivity contribution in [2.24, 2.45) is 0 Å².